The summed E-state index contributed by atoms with van der Waals surface area (Å²) >= 11 is 0. The highest BCUT2D eigenvalue weighted by Crippen LogP contribution is 2.38. The van der Waals surface area contributed by atoms with Crippen molar-refractivity contribution in [3.05, 3.63) is 85.3 Å². The Balaban J connectivity index is 1.70. The molecule has 6 rings (SSSR count). The van der Waals surface area contributed by atoms with Crippen molar-refractivity contribution in [3.8, 4) is 17.2 Å². The van der Waals surface area contributed by atoms with Crippen LogP contribution in [-0.2, 0) is 0 Å². The molecule has 5 aromatic heterocycles. The van der Waals surface area contributed by atoms with Crippen LogP contribution in [0.2, 0.25) is 0 Å². The molecular formula is C23H14N4O. The standard InChI is InChI=1S/C23H14N4O/c1-2-9-20-15(6-1)22-16-14-24-13-11-19(16)27(23(22)28-20)21-10-5-8-18(26-21)17-7-3-4-12-25-17/h1-14H. The van der Waals surface area contributed by atoms with Crippen LogP contribution in [0.15, 0.2) is 89.7 Å². The number of fused-ring (bicyclic) bond motifs is 5. The van der Waals surface area contributed by atoms with Crippen LogP contribution in [0.4, 0.5) is 0 Å². The minimum atomic E-state index is 0.773. The van der Waals surface area contributed by atoms with E-state index in [1.165, 1.54) is 0 Å². The van der Waals surface area contributed by atoms with Gasteiger partial charge in [-0.15, -0.1) is 0 Å². The first-order valence-corrected chi connectivity index (χ1v) is 9.05. The molecule has 132 valence electrons. The maximum Gasteiger partial charge on any atom is 0.215 e. The Morgan fingerprint density at radius 2 is 1.64 bits per heavy atom. The summed E-state index contributed by atoms with van der Waals surface area (Å²) < 4.78 is 8.30. The molecule has 0 saturated heterocycles. The molecule has 0 aliphatic heterocycles. The van der Waals surface area contributed by atoms with Crippen molar-refractivity contribution < 1.29 is 4.42 Å². The Morgan fingerprint density at radius 1 is 0.750 bits per heavy atom. The van der Waals surface area contributed by atoms with Gasteiger partial charge in [-0.1, -0.05) is 30.3 Å². The van der Waals surface area contributed by atoms with E-state index in [-0.39, 0.29) is 0 Å². The highest BCUT2D eigenvalue weighted by atomic mass is 16.3. The normalized spacial score (nSPS) is 11.6. The maximum atomic E-state index is 6.25. The van der Waals surface area contributed by atoms with E-state index in [9.17, 15) is 0 Å². The van der Waals surface area contributed by atoms with E-state index >= 15 is 0 Å². The van der Waals surface area contributed by atoms with E-state index in [2.05, 4.69) is 20.6 Å². The summed E-state index contributed by atoms with van der Waals surface area (Å²) in [6, 6.07) is 21.8. The molecule has 0 saturated carbocycles. The van der Waals surface area contributed by atoms with Crippen molar-refractivity contribution in [3.63, 3.8) is 0 Å². The third-order valence-corrected chi connectivity index (χ3v) is 4.98. The summed E-state index contributed by atoms with van der Waals surface area (Å²) in [7, 11) is 0. The zero-order valence-corrected chi connectivity index (χ0v) is 14.8. The van der Waals surface area contributed by atoms with Gasteiger partial charge in [0.2, 0.25) is 5.71 Å². The summed E-state index contributed by atoms with van der Waals surface area (Å²) in [6.45, 7) is 0. The number of benzene rings is 1. The molecule has 0 fully saturated rings. The number of hydrogen-bond donors (Lipinski definition) is 0. The molecule has 6 aromatic rings. The Labute approximate surface area is 159 Å². The number of nitrogens with zero attached hydrogens (tertiary/aromatic N) is 4. The Bertz CT molecular complexity index is 1460. The lowest BCUT2D eigenvalue weighted by atomic mass is 10.1. The van der Waals surface area contributed by atoms with Crippen LogP contribution >= 0.6 is 0 Å². The second kappa shape index (κ2) is 5.76. The number of rotatable bonds is 2. The summed E-state index contributed by atoms with van der Waals surface area (Å²) in [5.41, 5.74) is 4.30. The first-order valence-electron chi connectivity index (χ1n) is 9.05. The highest BCUT2D eigenvalue weighted by molar-refractivity contribution is 6.19. The van der Waals surface area contributed by atoms with E-state index < -0.39 is 0 Å². The van der Waals surface area contributed by atoms with Gasteiger partial charge < -0.3 is 4.42 Å². The maximum absolute atomic E-state index is 6.25. The SMILES string of the molecule is c1ccc(-c2cccc(-n3c4ccncc4c4c5ccccc5oc43)n2)nc1. The van der Waals surface area contributed by atoms with Crippen molar-refractivity contribution in [1.82, 2.24) is 19.5 Å². The predicted octanol–water partition coefficient (Wildman–Crippen LogP) is 5.38. The molecule has 28 heavy (non-hydrogen) atoms. The van der Waals surface area contributed by atoms with Crippen molar-refractivity contribution in [1.29, 1.82) is 0 Å². The average molecular weight is 362 g/mol. The smallest absolute Gasteiger partial charge is 0.215 e. The lowest BCUT2D eigenvalue weighted by Gasteiger charge is -2.07. The number of furan rings is 1. The van der Waals surface area contributed by atoms with E-state index in [0.29, 0.717) is 0 Å². The fourth-order valence-electron chi connectivity index (χ4n) is 3.77. The number of pyridine rings is 3. The fourth-order valence-corrected chi connectivity index (χ4v) is 3.77. The first kappa shape index (κ1) is 15.1. The number of aromatic nitrogens is 4. The van der Waals surface area contributed by atoms with E-state index in [1.54, 1.807) is 12.4 Å². The summed E-state index contributed by atoms with van der Waals surface area (Å²) in [5, 5.41) is 3.19. The van der Waals surface area contributed by atoms with Gasteiger partial charge in [0.25, 0.3) is 0 Å². The average Bonchev–Trinajstić information content (AvgIpc) is 3.29. The minimum absolute atomic E-state index is 0.773. The number of hydrogen-bond acceptors (Lipinski definition) is 4. The van der Waals surface area contributed by atoms with Crippen LogP contribution in [0.1, 0.15) is 0 Å². The van der Waals surface area contributed by atoms with Crippen molar-refractivity contribution in [2.75, 3.05) is 0 Å². The van der Waals surface area contributed by atoms with Gasteiger partial charge in [0.15, 0.2) is 0 Å². The fraction of sp³-hybridized carbons (Fsp3) is 0. The van der Waals surface area contributed by atoms with Gasteiger partial charge in [0, 0.05) is 29.4 Å². The van der Waals surface area contributed by atoms with Crippen molar-refractivity contribution in [2.24, 2.45) is 0 Å². The molecule has 0 spiro atoms. The van der Waals surface area contributed by atoms with Crippen molar-refractivity contribution >= 4 is 33.0 Å². The Morgan fingerprint density at radius 3 is 2.57 bits per heavy atom. The quantitative estimate of drug-likeness (QED) is 0.415. The molecule has 0 radical (unpaired) electrons. The molecule has 0 N–H and O–H groups in total. The molecule has 1 aromatic carbocycles. The molecule has 0 amide bonds. The van der Waals surface area contributed by atoms with Crippen LogP contribution in [0.5, 0.6) is 0 Å². The van der Waals surface area contributed by atoms with Gasteiger partial charge >= 0.3 is 0 Å². The van der Waals surface area contributed by atoms with Gasteiger partial charge in [-0.2, -0.15) is 0 Å². The zero-order chi connectivity index (χ0) is 18.5. The van der Waals surface area contributed by atoms with Gasteiger partial charge in [-0.05, 0) is 36.4 Å². The van der Waals surface area contributed by atoms with E-state index in [1.807, 2.05) is 66.9 Å². The highest BCUT2D eigenvalue weighted by Gasteiger charge is 2.19. The number of para-hydroxylation sites is 1. The van der Waals surface area contributed by atoms with Crippen LogP contribution in [0.25, 0.3) is 50.2 Å². The topological polar surface area (TPSA) is 56.7 Å². The third kappa shape index (κ3) is 2.10. The molecule has 0 unspecified atom stereocenters. The van der Waals surface area contributed by atoms with E-state index in [4.69, 9.17) is 9.40 Å². The van der Waals surface area contributed by atoms with Gasteiger partial charge in [0.05, 0.1) is 22.3 Å². The Kier molecular flexibility index (Phi) is 3.10. The van der Waals surface area contributed by atoms with Crippen LogP contribution in [0.3, 0.4) is 0 Å². The zero-order valence-electron chi connectivity index (χ0n) is 14.8. The van der Waals surface area contributed by atoms with Crippen LogP contribution in [0, 0.1) is 0 Å². The van der Waals surface area contributed by atoms with Crippen LogP contribution < -0.4 is 0 Å². The molecule has 5 nitrogen and oxygen atoms in total. The van der Waals surface area contributed by atoms with E-state index in [0.717, 1.165) is 50.2 Å². The van der Waals surface area contributed by atoms with Crippen LogP contribution in [-0.4, -0.2) is 19.5 Å². The lowest BCUT2D eigenvalue weighted by molar-refractivity contribution is 0.644. The second-order valence-corrected chi connectivity index (χ2v) is 6.60. The summed E-state index contributed by atoms with van der Waals surface area (Å²) in [5.74, 6) is 0.786. The Hall–Kier alpha value is -3.99. The summed E-state index contributed by atoms with van der Waals surface area (Å²) in [4.78, 5) is 13.6. The molecular weight excluding hydrogens is 348 g/mol. The monoisotopic (exact) mass is 362 g/mol. The molecule has 0 bridgehead atoms. The predicted molar refractivity (Wildman–Crippen MR) is 109 cm³/mol. The molecule has 5 heterocycles. The molecule has 5 heteroatoms. The lowest BCUT2D eigenvalue weighted by Crippen LogP contribution is -1.98. The molecule has 0 aliphatic rings. The minimum Gasteiger partial charge on any atom is -0.439 e. The first-order chi connectivity index (χ1) is 13.9. The largest absolute Gasteiger partial charge is 0.439 e. The van der Waals surface area contributed by atoms with Crippen molar-refractivity contribution in [2.45, 2.75) is 0 Å². The second-order valence-electron chi connectivity index (χ2n) is 6.60. The van der Waals surface area contributed by atoms with Gasteiger partial charge in [-0.25, -0.2) is 4.98 Å². The van der Waals surface area contributed by atoms with Gasteiger partial charge in [-0.3, -0.25) is 14.5 Å². The van der Waals surface area contributed by atoms with Gasteiger partial charge in [0.1, 0.15) is 11.4 Å². The molecule has 0 aliphatic carbocycles. The molecule has 0 atom stereocenters. The third-order valence-electron chi connectivity index (χ3n) is 4.98. The summed E-state index contributed by atoms with van der Waals surface area (Å²) in [6.07, 6.45) is 5.46.